The zero-order valence-electron chi connectivity index (χ0n) is 10.9. The lowest BCUT2D eigenvalue weighted by molar-refractivity contribution is 0.600. The van der Waals surface area contributed by atoms with Gasteiger partial charge in [-0.1, -0.05) is 29.8 Å². The number of hydrogen-bond donors (Lipinski definition) is 1. The van der Waals surface area contributed by atoms with Gasteiger partial charge in [0.05, 0.1) is 11.4 Å². The molecule has 0 aliphatic carbocycles. The predicted octanol–water partition coefficient (Wildman–Crippen LogP) is 2.64. The maximum Gasteiger partial charge on any atom is 0.236 e. The maximum absolute atomic E-state index is 12.0. The molecular weight excluding hydrogens is 260 g/mol. The van der Waals surface area contributed by atoms with Crippen LogP contribution in [0.5, 0.6) is 0 Å². The molecule has 0 bridgehead atoms. The minimum atomic E-state index is -3.40. The van der Waals surface area contributed by atoms with Gasteiger partial charge in [0.25, 0.3) is 0 Å². The van der Waals surface area contributed by atoms with Crippen LogP contribution in [0.2, 0.25) is 0 Å². The molecule has 0 spiro atoms. The molecule has 0 aliphatic rings. The number of nitrogens with zero attached hydrogens (tertiary/aromatic N) is 1. The fourth-order valence-corrected chi connectivity index (χ4v) is 2.92. The molecule has 19 heavy (non-hydrogen) atoms. The van der Waals surface area contributed by atoms with Crippen molar-refractivity contribution in [1.82, 2.24) is 4.98 Å². The second-order valence-corrected chi connectivity index (χ2v) is 6.25. The van der Waals surface area contributed by atoms with E-state index in [2.05, 4.69) is 9.71 Å². The summed E-state index contributed by atoms with van der Waals surface area (Å²) in [5.74, 6) is -0.0331. The van der Waals surface area contributed by atoms with Gasteiger partial charge < -0.3 is 0 Å². The Balaban J connectivity index is 2.13. The molecule has 0 amide bonds. The van der Waals surface area contributed by atoms with Gasteiger partial charge in [0.1, 0.15) is 0 Å². The Kier molecular flexibility index (Phi) is 3.85. The van der Waals surface area contributed by atoms with Gasteiger partial charge in [0, 0.05) is 11.9 Å². The largest absolute Gasteiger partial charge is 0.283 e. The molecular formula is C14H16N2O2S. The van der Waals surface area contributed by atoms with Gasteiger partial charge in [-0.2, -0.15) is 0 Å². The van der Waals surface area contributed by atoms with Gasteiger partial charge in [-0.05, 0) is 31.5 Å². The van der Waals surface area contributed by atoms with E-state index >= 15 is 0 Å². The summed E-state index contributed by atoms with van der Waals surface area (Å²) in [6.45, 7) is 3.79. The molecule has 1 aromatic carbocycles. The van der Waals surface area contributed by atoms with Crippen molar-refractivity contribution in [3.05, 3.63) is 59.4 Å². The van der Waals surface area contributed by atoms with Crippen molar-refractivity contribution in [3.8, 4) is 0 Å². The summed E-state index contributed by atoms with van der Waals surface area (Å²) in [7, 11) is -3.40. The number of rotatable bonds is 4. The van der Waals surface area contributed by atoms with Crippen molar-refractivity contribution in [2.24, 2.45) is 0 Å². The molecule has 0 unspecified atom stereocenters. The summed E-state index contributed by atoms with van der Waals surface area (Å²) in [4.78, 5) is 4.03. The second-order valence-electron chi connectivity index (χ2n) is 4.53. The number of aryl methyl sites for hydroxylation is 2. The summed E-state index contributed by atoms with van der Waals surface area (Å²) in [5, 5.41) is 0. The van der Waals surface area contributed by atoms with Gasteiger partial charge in [-0.3, -0.25) is 9.71 Å². The zero-order valence-corrected chi connectivity index (χ0v) is 11.7. The molecule has 0 atom stereocenters. The molecule has 0 aliphatic heterocycles. The standard InChI is InChI=1S/C14H16N2O2S/c1-11-3-5-13(6-4-11)10-19(17,18)16-14-7-8-15-12(2)9-14/h3-9H,10H2,1-2H3,(H,15,16). The predicted molar refractivity (Wildman–Crippen MR) is 76.4 cm³/mol. The van der Waals surface area contributed by atoms with E-state index in [4.69, 9.17) is 0 Å². The first-order chi connectivity index (χ1) is 8.94. The number of sulfonamides is 1. The number of pyridine rings is 1. The zero-order chi connectivity index (χ0) is 13.9. The summed E-state index contributed by atoms with van der Waals surface area (Å²) in [6.07, 6.45) is 1.58. The van der Waals surface area contributed by atoms with E-state index in [1.807, 2.05) is 38.1 Å². The first-order valence-corrected chi connectivity index (χ1v) is 7.58. The smallest absolute Gasteiger partial charge is 0.236 e. The molecule has 5 heteroatoms. The van der Waals surface area contributed by atoms with Crippen LogP contribution in [0.25, 0.3) is 0 Å². The lowest BCUT2D eigenvalue weighted by atomic mass is 10.2. The van der Waals surface area contributed by atoms with Crippen molar-refractivity contribution >= 4 is 15.7 Å². The van der Waals surface area contributed by atoms with Crippen LogP contribution in [0.15, 0.2) is 42.6 Å². The minimum absolute atomic E-state index is 0.0331. The molecule has 0 fully saturated rings. The SMILES string of the molecule is Cc1ccc(CS(=O)(=O)Nc2ccnc(C)c2)cc1. The van der Waals surface area contributed by atoms with E-state index < -0.39 is 10.0 Å². The normalized spacial score (nSPS) is 11.3. The van der Waals surface area contributed by atoms with Gasteiger partial charge >= 0.3 is 0 Å². The van der Waals surface area contributed by atoms with Crippen LogP contribution in [-0.4, -0.2) is 13.4 Å². The Bertz CT molecular complexity index is 664. The fourth-order valence-electron chi connectivity index (χ4n) is 1.73. The van der Waals surface area contributed by atoms with Crippen molar-refractivity contribution in [2.75, 3.05) is 4.72 Å². The van der Waals surface area contributed by atoms with Gasteiger partial charge in [0.2, 0.25) is 10.0 Å². The molecule has 0 radical (unpaired) electrons. The Hall–Kier alpha value is -1.88. The van der Waals surface area contributed by atoms with E-state index in [1.54, 1.807) is 18.3 Å². The molecule has 0 saturated heterocycles. The molecule has 1 aromatic heterocycles. The highest BCUT2D eigenvalue weighted by atomic mass is 32.2. The maximum atomic E-state index is 12.0. The Morgan fingerprint density at radius 3 is 2.42 bits per heavy atom. The first kappa shape index (κ1) is 13.5. The van der Waals surface area contributed by atoms with Gasteiger partial charge in [-0.25, -0.2) is 8.42 Å². The highest BCUT2D eigenvalue weighted by Gasteiger charge is 2.11. The fraction of sp³-hybridized carbons (Fsp3) is 0.214. The third kappa shape index (κ3) is 4.06. The van der Waals surface area contributed by atoms with Crippen molar-refractivity contribution in [1.29, 1.82) is 0 Å². The molecule has 2 aromatic rings. The Morgan fingerprint density at radius 1 is 1.11 bits per heavy atom. The number of aromatic nitrogens is 1. The van der Waals surface area contributed by atoms with Crippen molar-refractivity contribution in [2.45, 2.75) is 19.6 Å². The van der Waals surface area contributed by atoms with Gasteiger partial charge in [0.15, 0.2) is 0 Å². The topological polar surface area (TPSA) is 59.1 Å². The average molecular weight is 276 g/mol. The monoisotopic (exact) mass is 276 g/mol. The summed E-state index contributed by atoms with van der Waals surface area (Å²) < 4.78 is 26.6. The van der Waals surface area contributed by atoms with E-state index in [0.717, 1.165) is 16.8 Å². The number of benzene rings is 1. The molecule has 1 heterocycles. The molecule has 0 saturated carbocycles. The van der Waals surface area contributed by atoms with Crippen LogP contribution in [-0.2, 0) is 15.8 Å². The molecule has 1 N–H and O–H groups in total. The lowest BCUT2D eigenvalue weighted by Crippen LogP contribution is -2.15. The van der Waals surface area contributed by atoms with Crippen LogP contribution >= 0.6 is 0 Å². The quantitative estimate of drug-likeness (QED) is 0.934. The number of nitrogens with one attached hydrogen (secondary N) is 1. The average Bonchev–Trinajstić information content (AvgIpc) is 2.31. The summed E-state index contributed by atoms with van der Waals surface area (Å²) in [6, 6.07) is 10.8. The van der Waals surface area contributed by atoms with E-state index in [-0.39, 0.29) is 5.75 Å². The highest BCUT2D eigenvalue weighted by molar-refractivity contribution is 7.91. The summed E-state index contributed by atoms with van der Waals surface area (Å²) >= 11 is 0. The third-order valence-electron chi connectivity index (χ3n) is 2.65. The summed E-state index contributed by atoms with van der Waals surface area (Å²) in [5.41, 5.74) is 3.19. The molecule has 2 rings (SSSR count). The van der Waals surface area contributed by atoms with Crippen LogP contribution in [0.4, 0.5) is 5.69 Å². The Labute approximate surface area is 113 Å². The molecule has 100 valence electrons. The van der Waals surface area contributed by atoms with E-state index in [9.17, 15) is 8.42 Å². The second kappa shape index (κ2) is 5.40. The Morgan fingerprint density at radius 2 is 1.79 bits per heavy atom. The van der Waals surface area contributed by atoms with Crippen LogP contribution in [0, 0.1) is 13.8 Å². The van der Waals surface area contributed by atoms with E-state index in [1.165, 1.54) is 0 Å². The third-order valence-corrected chi connectivity index (χ3v) is 3.91. The van der Waals surface area contributed by atoms with Gasteiger partial charge in [-0.15, -0.1) is 0 Å². The highest BCUT2D eigenvalue weighted by Crippen LogP contribution is 2.13. The molecule has 4 nitrogen and oxygen atoms in total. The van der Waals surface area contributed by atoms with E-state index in [0.29, 0.717) is 5.69 Å². The van der Waals surface area contributed by atoms with Crippen molar-refractivity contribution < 1.29 is 8.42 Å². The van der Waals surface area contributed by atoms with Crippen LogP contribution in [0.1, 0.15) is 16.8 Å². The van der Waals surface area contributed by atoms with Crippen molar-refractivity contribution in [3.63, 3.8) is 0 Å². The minimum Gasteiger partial charge on any atom is -0.283 e. The van der Waals surface area contributed by atoms with Crippen LogP contribution < -0.4 is 4.72 Å². The number of hydrogen-bond acceptors (Lipinski definition) is 3. The number of anilines is 1. The first-order valence-electron chi connectivity index (χ1n) is 5.93. The van der Waals surface area contributed by atoms with Crippen LogP contribution in [0.3, 0.4) is 0 Å². The lowest BCUT2D eigenvalue weighted by Gasteiger charge is -2.08.